The molecular formula is C12H23N3O3S. The van der Waals surface area contributed by atoms with Gasteiger partial charge in [-0.3, -0.25) is 0 Å². The van der Waals surface area contributed by atoms with Gasteiger partial charge in [0.1, 0.15) is 0 Å². The third-order valence-corrected chi connectivity index (χ3v) is 4.40. The summed E-state index contributed by atoms with van der Waals surface area (Å²) in [7, 11) is -2.03. The molecule has 0 bridgehead atoms. The smallest absolute Gasteiger partial charge is 0.242 e. The molecule has 19 heavy (non-hydrogen) atoms. The molecule has 6 nitrogen and oxygen atoms in total. The van der Waals surface area contributed by atoms with Crippen molar-refractivity contribution in [3.05, 3.63) is 18.0 Å². The highest BCUT2D eigenvalue weighted by atomic mass is 32.2. The Labute approximate surface area is 115 Å². The first-order valence-electron chi connectivity index (χ1n) is 6.18. The van der Waals surface area contributed by atoms with Crippen molar-refractivity contribution in [3.63, 3.8) is 0 Å². The second-order valence-corrected chi connectivity index (χ2v) is 6.76. The van der Waals surface area contributed by atoms with Gasteiger partial charge in [-0.15, -0.1) is 0 Å². The molecule has 110 valence electrons. The van der Waals surface area contributed by atoms with Crippen molar-refractivity contribution in [1.82, 2.24) is 9.29 Å². The van der Waals surface area contributed by atoms with Gasteiger partial charge in [-0.05, 0) is 26.8 Å². The fraction of sp³-hybridized carbons (Fsp3) is 0.667. The molecule has 1 aromatic rings. The van der Waals surface area contributed by atoms with Crippen LogP contribution in [0, 0.1) is 0 Å². The molecule has 0 radical (unpaired) electrons. The first kappa shape index (κ1) is 16.2. The molecule has 0 aromatic carbocycles. The Balaban J connectivity index is 3.04. The Morgan fingerprint density at radius 2 is 2.11 bits per heavy atom. The lowest BCUT2D eigenvalue weighted by atomic mass is 10.1. The van der Waals surface area contributed by atoms with Gasteiger partial charge in [-0.2, -0.15) is 0 Å². The number of methoxy groups -OCH3 is 1. The lowest BCUT2D eigenvalue weighted by Crippen LogP contribution is -2.46. The number of hydrogen-bond donors (Lipinski definition) is 2. The molecule has 0 atom stereocenters. The molecule has 0 unspecified atom stereocenters. The van der Waals surface area contributed by atoms with E-state index in [-0.39, 0.29) is 4.90 Å². The van der Waals surface area contributed by atoms with Crippen molar-refractivity contribution in [2.75, 3.05) is 13.7 Å². The van der Waals surface area contributed by atoms with Crippen molar-refractivity contribution in [2.45, 2.75) is 44.3 Å². The van der Waals surface area contributed by atoms with Gasteiger partial charge in [0.15, 0.2) is 0 Å². The third kappa shape index (κ3) is 4.04. The first-order valence-corrected chi connectivity index (χ1v) is 7.66. The normalized spacial score (nSPS) is 12.9. The highest BCUT2D eigenvalue weighted by molar-refractivity contribution is 7.89. The van der Waals surface area contributed by atoms with E-state index >= 15 is 0 Å². The van der Waals surface area contributed by atoms with Crippen molar-refractivity contribution in [1.29, 1.82) is 0 Å². The molecule has 0 aliphatic heterocycles. The monoisotopic (exact) mass is 289 g/mol. The van der Waals surface area contributed by atoms with Crippen LogP contribution in [-0.2, 0) is 27.8 Å². The van der Waals surface area contributed by atoms with E-state index < -0.39 is 15.6 Å². The van der Waals surface area contributed by atoms with Crippen LogP contribution in [0.2, 0.25) is 0 Å². The Kier molecular flexibility index (Phi) is 5.14. The fourth-order valence-corrected chi connectivity index (χ4v) is 3.41. The van der Waals surface area contributed by atoms with Gasteiger partial charge in [-0.1, -0.05) is 0 Å². The molecule has 0 fully saturated rings. The number of rotatable bonds is 7. The lowest BCUT2D eigenvalue weighted by molar-refractivity contribution is 0.141. The molecule has 1 rings (SSSR count). The van der Waals surface area contributed by atoms with Gasteiger partial charge in [0.05, 0.1) is 17.0 Å². The molecule has 0 spiro atoms. The molecule has 7 heteroatoms. The minimum Gasteiger partial charge on any atom is -0.383 e. The van der Waals surface area contributed by atoms with Crippen LogP contribution in [0.25, 0.3) is 0 Å². The fourth-order valence-electron chi connectivity index (χ4n) is 1.95. The molecule has 0 aliphatic rings. The molecule has 1 heterocycles. The van der Waals surface area contributed by atoms with Gasteiger partial charge in [0, 0.05) is 32.1 Å². The predicted molar refractivity (Wildman–Crippen MR) is 74.3 cm³/mol. The quantitative estimate of drug-likeness (QED) is 0.772. The number of ether oxygens (including phenoxy) is 1. The number of nitrogens with zero attached hydrogens (tertiary/aromatic N) is 1. The van der Waals surface area contributed by atoms with E-state index in [9.17, 15) is 8.42 Å². The third-order valence-electron chi connectivity index (χ3n) is 2.74. The zero-order chi connectivity index (χ0) is 14.7. The number of aromatic nitrogens is 1. The Morgan fingerprint density at radius 1 is 1.47 bits per heavy atom. The molecular weight excluding hydrogens is 266 g/mol. The summed E-state index contributed by atoms with van der Waals surface area (Å²) in [4.78, 5) is 0.235. The summed E-state index contributed by atoms with van der Waals surface area (Å²) < 4.78 is 34.1. The topological polar surface area (TPSA) is 86.3 Å². The van der Waals surface area contributed by atoms with Gasteiger partial charge >= 0.3 is 0 Å². The summed E-state index contributed by atoms with van der Waals surface area (Å²) in [5, 5.41) is 0. The highest BCUT2D eigenvalue weighted by Crippen LogP contribution is 2.17. The maximum absolute atomic E-state index is 12.3. The number of aryl methyl sites for hydroxylation is 1. The second-order valence-electron chi connectivity index (χ2n) is 5.08. The second kappa shape index (κ2) is 6.04. The highest BCUT2D eigenvalue weighted by Gasteiger charge is 2.27. The van der Waals surface area contributed by atoms with E-state index in [1.165, 1.54) is 7.11 Å². The average molecular weight is 289 g/mol. The van der Waals surface area contributed by atoms with E-state index in [4.69, 9.17) is 10.5 Å². The number of nitrogens with one attached hydrogen (secondary N) is 1. The van der Waals surface area contributed by atoms with Gasteiger partial charge < -0.3 is 15.0 Å². The van der Waals surface area contributed by atoms with Crippen LogP contribution in [0.5, 0.6) is 0 Å². The Hall–Kier alpha value is -0.890. The average Bonchev–Trinajstić information content (AvgIpc) is 2.70. The van der Waals surface area contributed by atoms with Crippen LogP contribution in [0.4, 0.5) is 0 Å². The summed E-state index contributed by atoms with van der Waals surface area (Å²) in [6.45, 7) is 6.78. The van der Waals surface area contributed by atoms with Crippen LogP contribution in [0.3, 0.4) is 0 Å². The van der Waals surface area contributed by atoms with E-state index in [1.54, 1.807) is 26.1 Å². The van der Waals surface area contributed by atoms with Crippen molar-refractivity contribution in [2.24, 2.45) is 5.73 Å². The molecule has 0 saturated heterocycles. The van der Waals surface area contributed by atoms with Crippen LogP contribution in [0.15, 0.2) is 17.2 Å². The van der Waals surface area contributed by atoms with E-state index in [1.807, 2.05) is 11.5 Å². The summed E-state index contributed by atoms with van der Waals surface area (Å²) in [5.74, 6) is 0. The largest absolute Gasteiger partial charge is 0.383 e. The number of hydrogen-bond acceptors (Lipinski definition) is 4. The first-order chi connectivity index (χ1) is 8.75. The van der Waals surface area contributed by atoms with E-state index in [0.29, 0.717) is 19.7 Å². The SMILES string of the molecule is CCn1cc(S(=O)(=O)NC(C)(C)COC)cc1CN. The standard InChI is InChI=1S/C12H23N3O3S/c1-5-15-8-11(6-10(15)7-13)19(16,17)14-12(2,3)9-18-4/h6,8,14H,5,7,9,13H2,1-4H3. The summed E-state index contributed by atoms with van der Waals surface area (Å²) in [6, 6.07) is 1.61. The van der Waals surface area contributed by atoms with Gasteiger partial charge in [-0.25, -0.2) is 13.1 Å². The lowest BCUT2D eigenvalue weighted by Gasteiger charge is -2.24. The zero-order valence-corrected chi connectivity index (χ0v) is 12.8. The van der Waals surface area contributed by atoms with Crippen LogP contribution >= 0.6 is 0 Å². The van der Waals surface area contributed by atoms with Gasteiger partial charge in [0.2, 0.25) is 10.0 Å². The molecule has 0 saturated carbocycles. The predicted octanol–water partition coefficient (Wildman–Crippen LogP) is 0.670. The zero-order valence-electron chi connectivity index (χ0n) is 11.9. The van der Waals surface area contributed by atoms with Crippen LogP contribution in [0.1, 0.15) is 26.5 Å². The minimum absolute atomic E-state index is 0.235. The maximum atomic E-state index is 12.3. The van der Waals surface area contributed by atoms with E-state index in [0.717, 1.165) is 5.69 Å². The van der Waals surface area contributed by atoms with E-state index in [2.05, 4.69) is 4.72 Å². The summed E-state index contributed by atoms with van der Waals surface area (Å²) in [5.41, 5.74) is 5.74. The number of nitrogens with two attached hydrogens (primary N) is 1. The molecule has 1 aromatic heterocycles. The summed E-state index contributed by atoms with van der Waals surface area (Å²) in [6.07, 6.45) is 1.60. The summed E-state index contributed by atoms with van der Waals surface area (Å²) >= 11 is 0. The molecule has 3 N–H and O–H groups in total. The maximum Gasteiger partial charge on any atom is 0.242 e. The number of sulfonamides is 1. The van der Waals surface area contributed by atoms with Crippen molar-refractivity contribution >= 4 is 10.0 Å². The minimum atomic E-state index is -3.57. The molecule has 0 amide bonds. The van der Waals surface area contributed by atoms with Crippen molar-refractivity contribution in [3.8, 4) is 0 Å². The Morgan fingerprint density at radius 3 is 2.53 bits per heavy atom. The van der Waals surface area contributed by atoms with Crippen LogP contribution in [-0.4, -0.2) is 32.2 Å². The molecule has 0 aliphatic carbocycles. The Bertz CT molecular complexity index is 499. The van der Waals surface area contributed by atoms with Crippen molar-refractivity contribution < 1.29 is 13.2 Å². The van der Waals surface area contributed by atoms with Crippen LogP contribution < -0.4 is 10.5 Å². The van der Waals surface area contributed by atoms with Gasteiger partial charge in [0.25, 0.3) is 0 Å².